The van der Waals surface area contributed by atoms with E-state index in [0.717, 1.165) is 32.7 Å². The highest BCUT2D eigenvalue weighted by Gasteiger charge is 2.22. The van der Waals surface area contributed by atoms with E-state index in [1.165, 1.54) is 0 Å². The fourth-order valence-electron chi connectivity index (χ4n) is 3.73. The van der Waals surface area contributed by atoms with Crippen molar-refractivity contribution in [1.29, 1.82) is 0 Å². The SMILES string of the molecule is COCOc1c(C(N)c2ccc3ccccc3c2OCOC)ccc2ccccc12. The smallest absolute Gasteiger partial charge is 0.188 e. The molecule has 5 nitrogen and oxygen atoms in total. The molecule has 0 spiro atoms. The second-order valence-electron chi connectivity index (χ2n) is 6.99. The van der Waals surface area contributed by atoms with Gasteiger partial charge in [0.1, 0.15) is 11.5 Å². The monoisotopic (exact) mass is 403 g/mol. The van der Waals surface area contributed by atoms with Gasteiger partial charge in [0, 0.05) is 36.1 Å². The van der Waals surface area contributed by atoms with Crippen molar-refractivity contribution in [2.24, 2.45) is 5.73 Å². The summed E-state index contributed by atoms with van der Waals surface area (Å²) in [6, 6.07) is 23.8. The molecule has 5 heteroatoms. The molecule has 0 bridgehead atoms. The van der Waals surface area contributed by atoms with Crippen LogP contribution in [0.15, 0.2) is 72.8 Å². The molecule has 0 saturated heterocycles. The average molecular weight is 403 g/mol. The molecule has 0 atom stereocenters. The Morgan fingerprint density at radius 2 is 1.07 bits per heavy atom. The molecule has 0 aliphatic carbocycles. The van der Waals surface area contributed by atoms with Crippen LogP contribution in [0.4, 0.5) is 0 Å². The minimum absolute atomic E-state index is 0.137. The number of hydrogen-bond acceptors (Lipinski definition) is 5. The number of fused-ring (bicyclic) bond motifs is 2. The Balaban J connectivity index is 1.87. The highest BCUT2D eigenvalue weighted by atomic mass is 16.7. The van der Waals surface area contributed by atoms with Crippen LogP contribution in [0, 0.1) is 0 Å². The number of rotatable bonds is 8. The molecule has 4 aromatic carbocycles. The maximum Gasteiger partial charge on any atom is 0.188 e. The van der Waals surface area contributed by atoms with Crippen molar-refractivity contribution < 1.29 is 18.9 Å². The Hall–Kier alpha value is -3.12. The lowest BCUT2D eigenvalue weighted by Gasteiger charge is -2.22. The van der Waals surface area contributed by atoms with Gasteiger partial charge in [-0.3, -0.25) is 0 Å². The first kappa shape index (κ1) is 20.2. The molecular formula is C25H25NO4. The summed E-state index contributed by atoms with van der Waals surface area (Å²) in [5, 5.41) is 4.13. The van der Waals surface area contributed by atoms with Crippen LogP contribution in [0.25, 0.3) is 21.5 Å². The maximum atomic E-state index is 6.80. The Kier molecular flexibility index (Phi) is 6.14. The summed E-state index contributed by atoms with van der Waals surface area (Å²) in [5.74, 6) is 1.43. The lowest BCUT2D eigenvalue weighted by Crippen LogP contribution is -2.16. The summed E-state index contributed by atoms with van der Waals surface area (Å²) in [7, 11) is 3.20. The highest BCUT2D eigenvalue weighted by Crippen LogP contribution is 2.40. The summed E-state index contributed by atoms with van der Waals surface area (Å²) in [6.07, 6.45) is 0. The zero-order chi connectivity index (χ0) is 20.9. The number of methoxy groups -OCH3 is 2. The fraction of sp³-hybridized carbons (Fsp3) is 0.200. The van der Waals surface area contributed by atoms with E-state index in [1.807, 2.05) is 60.7 Å². The van der Waals surface area contributed by atoms with Crippen LogP contribution in [-0.2, 0) is 9.47 Å². The minimum atomic E-state index is -0.460. The number of hydrogen-bond donors (Lipinski definition) is 1. The van der Waals surface area contributed by atoms with Crippen molar-refractivity contribution in [2.75, 3.05) is 27.8 Å². The standard InChI is InChI=1S/C25H25NO4/c1-27-15-29-24-19-9-5-3-7-17(19)11-13-21(24)23(26)22-14-12-18-8-4-6-10-20(18)25(22)30-16-28-2/h3-14,23H,15-16,26H2,1-2H3. The molecule has 154 valence electrons. The van der Waals surface area contributed by atoms with Crippen molar-refractivity contribution >= 4 is 21.5 Å². The third-order valence-corrected chi connectivity index (χ3v) is 5.13. The maximum absolute atomic E-state index is 6.80. The molecule has 4 aromatic rings. The molecule has 0 aliphatic heterocycles. The molecule has 0 aliphatic rings. The molecule has 30 heavy (non-hydrogen) atoms. The Bertz CT molecular complexity index is 1070. The summed E-state index contributed by atoms with van der Waals surface area (Å²) < 4.78 is 22.3. The lowest BCUT2D eigenvalue weighted by atomic mass is 9.93. The van der Waals surface area contributed by atoms with Crippen LogP contribution in [0.5, 0.6) is 11.5 Å². The van der Waals surface area contributed by atoms with Gasteiger partial charge in [-0.05, 0) is 10.8 Å². The Morgan fingerprint density at radius 3 is 1.50 bits per heavy atom. The normalized spacial score (nSPS) is 11.3. The minimum Gasteiger partial charge on any atom is -0.467 e. The second-order valence-corrected chi connectivity index (χ2v) is 6.99. The van der Waals surface area contributed by atoms with Crippen LogP contribution in [0.3, 0.4) is 0 Å². The lowest BCUT2D eigenvalue weighted by molar-refractivity contribution is 0.0505. The Labute approximate surface area is 175 Å². The predicted molar refractivity (Wildman–Crippen MR) is 119 cm³/mol. The largest absolute Gasteiger partial charge is 0.467 e. The second kappa shape index (κ2) is 9.13. The van der Waals surface area contributed by atoms with E-state index < -0.39 is 6.04 Å². The first-order valence-corrected chi connectivity index (χ1v) is 9.77. The summed E-state index contributed by atoms with van der Waals surface area (Å²) in [6.45, 7) is 0.275. The van der Waals surface area contributed by atoms with Crippen LogP contribution < -0.4 is 15.2 Å². The quantitative estimate of drug-likeness (QED) is 0.419. The van der Waals surface area contributed by atoms with E-state index in [-0.39, 0.29) is 13.6 Å². The van der Waals surface area contributed by atoms with Gasteiger partial charge in [-0.1, -0.05) is 72.8 Å². The number of nitrogens with two attached hydrogens (primary N) is 1. The topological polar surface area (TPSA) is 62.9 Å². The molecule has 0 radical (unpaired) electrons. The molecule has 0 aromatic heterocycles. The predicted octanol–water partition coefficient (Wildman–Crippen LogP) is 5.01. The number of benzene rings is 4. The van der Waals surface area contributed by atoms with E-state index in [1.54, 1.807) is 14.2 Å². The third kappa shape index (κ3) is 3.83. The van der Waals surface area contributed by atoms with Crippen molar-refractivity contribution in [2.45, 2.75) is 6.04 Å². The van der Waals surface area contributed by atoms with Gasteiger partial charge >= 0.3 is 0 Å². The molecule has 0 saturated carbocycles. The van der Waals surface area contributed by atoms with Crippen LogP contribution >= 0.6 is 0 Å². The highest BCUT2D eigenvalue weighted by molar-refractivity contribution is 5.92. The zero-order valence-electron chi connectivity index (χ0n) is 17.1. The summed E-state index contributed by atoms with van der Waals surface area (Å²) >= 11 is 0. The summed E-state index contributed by atoms with van der Waals surface area (Å²) in [4.78, 5) is 0. The molecule has 0 fully saturated rings. The van der Waals surface area contributed by atoms with Crippen molar-refractivity contribution in [3.63, 3.8) is 0 Å². The molecule has 4 rings (SSSR count). The van der Waals surface area contributed by atoms with Crippen LogP contribution in [0.2, 0.25) is 0 Å². The molecule has 0 unspecified atom stereocenters. The van der Waals surface area contributed by atoms with Gasteiger partial charge in [0.2, 0.25) is 0 Å². The zero-order valence-corrected chi connectivity index (χ0v) is 17.1. The molecule has 2 N–H and O–H groups in total. The van der Waals surface area contributed by atoms with E-state index in [0.29, 0.717) is 11.5 Å². The van der Waals surface area contributed by atoms with E-state index in [9.17, 15) is 0 Å². The van der Waals surface area contributed by atoms with Crippen molar-refractivity contribution in [3.8, 4) is 11.5 Å². The third-order valence-electron chi connectivity index (χ3n) is 5.13. The van der Waals surface area contributed by atoms with E-state index >= 15 is 0 Å². The van der Waals surface area contributed by atoms with E-state index in [4.69, 9.17) is 24.7 Å². The Morgan fingerprint density at radius 1 is 0.633 bits per heavy atom. The van der Waals surface area contributed by atoms with E-state index in [2.05, 4.69) is 12.1 Å². The molecule has 0 heterocycles. The fourth-order valence-corrected chi connectivity index (χ4v) is 3.73. The van der Waals surface area contributed by atoms with Gasteiger partial charge in [0.25, 0.3) is 0 Å². The van der Waals surface area contributed by atoms with Gasteiger partial charge in [0.15, 0.2) is 13.6 Å². The van der Waals surface area contributed by atoms with Gasteiger partial charge in [-0.15, -0.1) is 0 Å². The molecular weight excluding hydrogens is 378 g/mol. The summed E-state index contributed by atoms with van der Waals surface area (Å²) in [5.41, 5.74) is 8.53. The van der Waals surface area contributed by atoms with Crippen LogP contribution in [0.1, 0.15) is 17.2 Å². The molecule has 0 amide bonds. The van der Waals surface area contributed by atoms with Crippen molar-refractivity contribution in [3.05, 3.63) is 83.9 Å². The van der Waals surface area contributed by atoms with Crippen molar-refractivity contribution in [1.82, 2.24) is 0 Å². The van der Waals surface area contributed by atoms with Gasteiger partial charge in [-0.25, -0.2) is 0 Å². The van der Waals surface area contributed by atoms with Gasteiger partial charge in [-0.2, -0.15) is 0 Å². The van der Waals surface area contributed by atoms with Gasteiger partial charge in [0.05, 0.1) is 6.04 Å². The first-order chi connectivity index (χ1) is 14.7. The van der Waals surface area contributed by atoms with Crippen LogP contribution in [-0.4, -0.2) is 27.8 Å². The first-order valence-electron chi connectivity index (χ1n) is 9.77. The average Bonchev–Trinajstić information content (AvgIpc) is 2.80. The van der Waals surface area contributed by atoms with Gasteiger partial charge < -0.3 is 24.7 Å². The number of ether oxygens (including phenoxy) is 4.